The van der Waals surface area contributed by atoms with E-state index in [1.807, 2.05) is 0 Å². The highest BCUT2D eigenvalue weighted by atomic mass is 79.9. The van der Waals surface area contributed by atoms with Crippen molar-refractivity contribution in [2.75, 3.05) is 11.9 Å². The van der Waals surface area contributed by atoms with E-state index in [0.717, 1.165) is 0 Å². The predicted octanol–water partition coefficient (Wildman–Crippen LogP) is 2.34. The minimum absolute atomic E-state index is 0.0232. The van der Waals surface area contributed by atoms with Crippen LogP contribution in [0.2, 0.25) is 0 Å². The number of nitrogens with zero attached hydrogens (tertiary/aromatic N) is 2. The molecule has 2 N–H and O–H groups in total. The third-order valence-electron chi connectivity index (χ3n) is 3.60. The van der Waals surface area contributed by atoms with E-state index in [-0.39, 0.29) is 31.1 Å². The number of phenols is 1. The minimum atomic E-state index is -0.675. The number of hydrogen-bond acceptors (Lipinski definition) is 8. The van der Waals surface area contributed by atoms with E-state index in [0.29, 0.717) is 10.2 Å². The van der Waals surface area contributed by atoms with Gasteiger partial charge in [-0.2, -0.15) is 4.98 Å². The van der Waals surface area contributed by atoms with Gasteiger partial charge in [0.05, 0.1) is 10.2 Å². The number of benzene rings is 1. The Balaban J connectivity index is 2.10. The van der Waals surface area contributed by atoms with Gasteiger partial charge < -0.3 is 19.9 Å². The van der Waals surface area contributed by atoms with Crippen molar-refractivity contribution in [1.82, 2.24) is 9.55 Å². The van der Waals surface area contributed by atoms with Crippen LogP contribution >= 0.6 is 15.9 Å². The van der Waals surface area contributed by atoms with Gasteiger partial charge in [-0.3, -0.25) is 14.2 Å². The number of esters is 2. The summed E-state index contributed by atoms with van der Waals surface area (Å²) in [4.78, 5) is 38.4. The molecule has 1 aromatic heterocycles. The lowest BCUT2D eigenvalue weighted by Gasteiger charge is -2.17. The number of halogens is 1. The second kappa shape index (κ2) is 9.88. The average molecular weight is 454 g/mol. The Morgan fingerprint density at radius 1 is 1.29 bits per heavy atom. The molecule has 0 bridgehead atoms. The van der Waals surface area contributed by atoms with Crippen LogP contribution in [0, 0.1) is 0 Å². The van der Waals surface area contributed by atoms with Gasteiger partial charge in [0.2, 0.25) is 0 Å². The number of nitrogens with one attached hydrogen (secondary N) is 1. The second-order valence-corrected chi connectivity index (χ2v) is 6.73. The Labute approximate surface area is 169 Å². The number of para-hydroxylation sites is 2. The first kappa shape index (κ1) is 21.4. The molecule has 10 heteroatoms. The molecule has 0 radical (unpaired) electrons. The van der Waals surface area contributed by atoms with E-state index in [9.17, 15) is 19.5 Å². The van der Waals surface area contributed by atoms with Gasteiger partial charge in [0.25, 0.3) is 0 Å². The summed E-state index contributed by atoms with van der Waals surface area (Å²) in [6, 6.07) is 6.56. The Morgan fingerprint density at radius 2 is 2.00 bits per heavy atom. The average Bonchev–Trinajstić information content (AvgIpc) is 2.62. The number of aromatic nitrogens is 2. The topological polar surface area (TPSA) is 120 Å². The van der Waals surface area contributed by atoms with Gasteiger partial charge in [-0.25, -0.2) is 4.79 Å². The van der Waals surface area contributed by atoms with Crippen LogP contribution in [0.15, 0.2) is 39.7 Å². The van der Waals surface area contributed by atoms with Gasteiger partial charge >= 0.3 is 17.6 Å². The summed E-state index contributed by atoms with van der Waals surface area (Å²) in [5.41, 5.74) is -0.126. The minimum Gasteiger partial charge on any atom is -0.506 e. The van der Waals surface area contributed by atoms with Gasteiger partial charge in [0.1, 0.15) is 18.5 Å². The van der Waals surface area contributed by atoms with Gasteiger partial charge in [0.15, 0.2) is 5.82 Å². The lowest BCUT2D eigenvalue weighted by molar-refractivity contribution is -0.156. The number of phenolic OH excluding ortho intramolecular Hbond substituents is 1. The molecule has 0 unspecified atom stereocenters. The quantitative estimate of drug-likeness (QED) is 0.461. The van der Waals surface area contributed by atoms with Crippen LogP contribution in [0.4, 0.5) is 11.5 Å². The number of ether oxygens (including phenoxy) is 2. The first-order chi connectivity index (χ1) is 13.3. The van der Waals surface area contributed by atoms with E-state index < -0.39 is 23.7 Å². The van der Waals surface area contributed by atoms with Crippen molar-refractivity contribution < 1.29 is 24.2 Å². The molecule has 28 heavy (non-hydrogen) atoms. The van der Waals surface area contributed by atoms with Crippen LogP contribution in [-0.4, -0.2) is 39.3 Å². The van der Waals surface area contributed by atoms with Crippen molar-refractivity contribution in [2.45, 2.75) is 32.9 Å². The highest BCUT2D eigenvalue weighted by molar-refractivity contribution is 9.10. The first-order valence-electron chi connectivity index (χ1n) is 8.39. The van der Waals surface area contributed by atoms with Crippen LogP contribution in [0.1, 0.15) is 20.3 Å². The Morgan fingerprint density at radius 3 is 2.64 bits per heavy atom. The zero-order valence-corrected chi connectivity index (χ0v) is 16.9. The molecule has 0 saturated heterocycles. The molecule has 0 amide bonds. The van der Waals surface area contributed by atoms with E-state index in [1.165, 1.54) is 30.7 Å². The Bertz CT molecular complexity index is 914. The van der Waals surface area contributed by atoms with E-state index in [1.54, 1.807) is 18.2 Å². The molecule has 0 aliphatic carbocycles. The zero-order chi connectivity index (χ0) is 20.7. The van der Waals surface area contributed by atoms with Crippen LogP contribution in [-0.2, 0) is 25.6 Å². The predicted molar refractivity (Wildman–Crippen MR) is 104 cm³/mol. The fourth-order valence-electron chi connectivity index (χ4n) is 2.33. The van der Waals surface area contributed by atoms with Crippen molar-refractivity contribution in [3.8, 4) is 5.75 Å². The monoisotopic (exact) mass is 453 g/mol. The summed E-state index contributed by atoms with van der Waals surface area (Å²) in [5, 5.41) is 12.7. The largest absolute Gasteiger partial charge is 0.506 e. The van der Waals surface area contributed by atoms with Crippen molar-refractivity contribution in [2.24, 2.45) is 0 Å². The molecule has 1 aromatic carbocycles. The van der Waals surface area contributed by atoms with Crippen molar-refractivity contribution in [1.29, 1.82) is 0 Å². The number of carbonyl (C=O) groups is 2. The number of rotatable bonds is 8. The molecular formula is C18H20BrN3O6. The molecule has 1 atom stereocenters. The van der Waals surface area contributed by atoms with E-state index in [2.05, 4.69) is 26.2 Å². The molecular weight excluding hydrogens is 434 g/mol. The SMILES string of the molecule is CC(=O)OC[C@H](CCn1cc(Br)c(Nc2ccccc2O)nc1=O)OC(C)=O. The fraction of sp³-hybridized carbons (Fsp3) is 0.333. The summed E-state index contributed by atoms with van der Waals surface area (Å²) >= 11 is 3.34. The third kappa shape index (κ3) is 6.38. The standard InChI is InChI=1S/C18H20BrN3O6/c1-11(23)27-10-13(28-12(2)24)7-8-22-9-14(19)17(21-18(22)26)20-15-5-3-4-6-16(15)25/h3-6,9,13,25H,7-8,10H2,1-2H3,(H,20,21,26)/t13-/m0/s1. The van der Waals surface area contributed by atoms with Crippen molar-refractivity contribution in [3.63, 3.8) is 0 Å². The van der Waals surface area contributed by atoms with Crippen LogP contribution < -0.4 is 11.0 Å². The van der Waals surface area contributed by atoms with Gasteiger partial charge in [-0.1, -0.05) is 12.1 Å². The van der Waals surface area contributed by atoms with E-state index >= 15 is 0 Å². The molecule has 2 rings (SSSR count). The number of anilines is 2. The van der Waals surface area contributed by atoms with E-state index in [4.69, 9.17) is 9.47 Å². The summed E-state index contributed by atoms with van der Waals surface area (Å²) in [7, 11) is 0. The molecule has 2 aromatic rings. The molecule has 0 aliphatic rings. The summed E-state index contributed by atoms with van der Waals surface area (Å²) in [5.74, 6) is -0.724. The lowest BCUT2D eigenvalue weighted by Crippen LogP contribution is -2.29. The van der Waals surface area contributed by atoms with Gasteiger partial charge in [0, 0.05) is 33.0 Å². The number of aryl methyl sites for hydroxylation is 1. The summed E-state index contributed by atoms with van der Waals surface area (Å²) in [6.45, 7) is 2.61. The van der Waals surface area contributed by atoms with Gasteiger partial charge in [-0.05, 0) is 28.1 Å². The second-order valence-electron chi connectivity index (χ2n) is 5.88. The lowest BCUT2D eigenvalue weighted by atomic mass is 10.2. The molecule has 0 aliphatic heterocycles. The fourth-order valence-corrected chi connectivity index (χ4v) is 2.76. The molecule has 0 fully saturated rings. The summed E-state index contributed by atoms with van der Waals surface area (Å²) in [6.07, 6.45) is 1.12. The van der Waals surface area contributed by atoms with Crippen LogP contribution in [0.5, 0.6) is 5.75 Å². The number of hydrogen-bond donors (Lipinski definition) is 2. The zero-order valence-electron chi connectivity index (χ0n) is 15.3. The number of aromatic hydroxyl groups is 1. The van der Waals surface area contributed by atoms with Crippen molar-refractivity contribution >= 4 is 39.4 Å². The molecule has 9 nitrogen and oxygen atoms in total. The van der Waals surface area contributed by atoms with Crippen LogP contribution in [0.25, 0.3) is 0 Å². The maximum absolute atomic E-state index is 12.3. The Hall–Kier alpha value is -2.88. The Kier molecular flexibility index (Phi) is 7.56. The molecule has 0 spiro atoms. The molecule has 150 valence electrons. The first-order valence-corrected chi connectivity index (χ1v) is 9.18. The highest BCUT2D eigenvalue weighted by Crippen LogP contribution is 2.28. The number of carbonyl (C=O) groups excluding carboxylic acids is 2. The summed E-state index contributed by atoms with van der Waals surface area (Å²) < 4.78 is 11.8. The smallest absolute Gasteiger partial charge is 0.349 e. The van der Waals surface area contributed by atoms with Crippen molar-refractivity contribution in [3.05, 3.63) is 45.4 Å². The van der Waals surface area contributed by atoms with Crippen LogP contribution in [0.3, 0.4) is 0 Å². The molecule has 1 heterocycles. The third-order valence-corrected chi connectivity index (χ3v) is 4.18. The normalized spacial score (nSPS) is 11.5. The van der Waals surface area contributed by atoms with Gasteiger partial charge in [-0.15, -0.1) is 0 Å². The maximum atomic E-state index is 12.3. The molecule has 0 saturated carbocycles. The highest BCUT2D eigenvalue weighted by Gasteiger charge is 2.16. The maximum Gasteiger partial charge on any atom is 0.349 e.